The molecular weight excluding hydrogens is 303 g/mol. The quantitative estimate of drug-likeness (QED) is 0.716. The predicted octanol–water partition coefficient (Wildman–Crippen LogP) is 5.14. The van der Waals surface area contributed by atoms with Gasteiger partial charge in [-0.15, -0.1) is 0 Å². The van der Waals surface area contributed by atoms with Crippen LogP contribution in [0.15, 0.2) is 12.1 Å². The average Bonchev–Trinajstić information content (AvgIpc) is 2.25. The summed E-state index contributed by atoms with van der Waals surface area (Å²) in [5.41, 5.74) is -0.955. The molecule has 120 valence electrons. The molecule has 0 amide bonds. The van der Waals surface area contributed by atoms with Gasteiger partial charge in [-0.3, -0.25) is 0 Å². The highest BCUT2D eigenvalue weighted by Crippen LogP contribution is 2.33. The molecule has 0 unspecified atom stereocenters. The van der Waals surface area contributed by atoms with E-state index in [1.165, 1.54) is 6.07 Å². The topological polar surface area (TPSA) is 22.1 Å². The minimum Gasteiger partial charge on any atom is -0.375 e. The van der Waals surface area contributed by atoms with Crippen LogP contribution in [0.4, 0.5) is 13.2 Å². The van der Waals surface area contributed by atoms with Crippen molar-refractivity contribution in [1.29, 1.82) is 0 Å². The molecule has 1 heterocycles. The summed E-state index contributed by atoms with van der Waals surface area (Å²) in [7, 11) is 0. The second-order valence-corrected chi connectivity index (χ2v) is 6.93. The van der Waals surface area contributed by atoms with Crippen LogP contribution in [0.1, 0.15) is 45.9 Å². The second-order valence-electron chi connectivity index (χ2n) is 6.54. The van der Waals surface area contributed by atoms with Crippen LogP contribution in [0, 0.1) is 5.41 Å². The maximum absolute atomic E-state index is 12.7. The lowest BCUT2D eigenvalue weighted by molar-refractivity contribution is -0.141. The Labute approximate surface area is 128 Å². The van der Waals surface area contributed by atoms with E-state index in [-0.39, 0.29) is 16.2 Å². The molecule has 6 heteroatoms. The average molecular weight is 324 g/mol. The summed E-state index contributed by atoms with van der Waals surface area (Å²) in [5, 5.41) is -0.157. The van der Waals surface area contributed by atoms with Crippen molar-refractivity contribution in [3.05, 3.63) is 28.5 Å². The van der Waals surface area contributed by atoms with E-state index < -0.39 is 11.9 Å². The van der Waals surface area contributed by atoms with Gasteiger partial charge in [0.25, 0.3) is 0 Å². The molecule has 0 aliphatic rings. The van der Waals surface area contributed by atoms with Gasteiger partial charge >= 0.3 is 6.18 Å². The van der Waals surface area contributed by atoms with Crippen molar-refractivity contribution in [2.24, 2.45) is 5.41 Å². The summed E-state index contributed by atoms with van der Waals surface area (Å²) >= 11 is 5.65. The lowest BCUT2D eigenvalue weighted by atomic mass is 9.79. The van der Waals surface area contributed by atoms with Gasteiger partial charge in [-0.2, -0.15) is 13.2 Å². The SMILES string of the molecule is CC(C)(C)C(C)(C)OCCc1cc(Cl)nc(C(F)(F)F)c1. The number of rotatable bonds is 4. The van der Waals surface area contributed by atoms with E-state index >= 15 is 0 Å². The number of ether oxygens (including phenoxy) is 1. The van der Waals surface area contributed by atoms with Crippen LogP contribution in [0.3, 0.4) is 0 Å². The summed E-state index contributed by atoms with van der Waals surface area (Å²) in [6, 6.07) is 2.45. The molecule has 0 spiro atoms. The summed E-state index contributed by atoms with van der Waals surface area (Å²) in [6.45, 7) is 10.4. The van der Waals surface area contributed by atoms with Gasteiger partial charge in [-0.25, -0.2) is 4.98 Å². The normalized spacial score (nSPS) is 13.6. The first-order valence-corrected chi connectivity index (χ1v) is 7.08. The van der Waals surface area contributed by atoms with Crippen LogP contribution in [0.2, 0.25) is 5.15 Å². The molecule has 0 fully saturated rings. The van der Waals surface area contributed by atoms with Crippen molar-refractivity contribution in [1.82, 2.24) is 4.98 Å². The molecule has 0 aromatic carbocycles. The summed E-state index contributed by atoms with van der Waals surface area (Å²) in [6.07, 6.45) is -4.14. The van der Waals surface area contributed by atoms with Crippen molar-refractivity contribution in [3.8, 4) is 0 Å². The van der Waals surface area contributed by atoms with Gasteiger partial charge in [0.2, 0.25) is 0 Å². The van der Waals surface area contributed by atoms with E-state index in [1.807, 2.05) is 13.8 Å². The number of hydrogen-bond acceptors (Lipinski definition) is 2. The smallest absolute Gasteiger partial charge is 0.375 e. The van der Waals surface area contributed by atoms with E-state index in [1.54, 1.807) is 0 Å². The Morgan fingerprint density at radius 3 is 2.14 bits per heavy atom. The van der Waals surface area contributed by atoms with E-state index in [0.717, 1.165) is 6.07 Å². The van der Waals surface area contributed by atoms with Crippen LogP contribution in [0.5, 0.6) is 0 Å². The monoisotopic (exact) mass is 323 g/mol. The van der Waals surface area contributed by atoms with Crippen molar-refractivity contribution in [2.75, 3.05) is 6.61 Å². The Bertz CT molecular complexity index is 493. The van der Waals surface area contributed by atoms with Gasteiger partial charge in [-0.05, 0) is 43.4 Å². The summed E-state index contributed by atoms with van der Waals surface area (Å²) < 4.78 is 43.8. The maximum atomic E-state index is 12.7. The summed E-state index contributed by atoms with van der Waals surface area (Å²) in [5.74, 6) is 0. The van der Waals surface area contributed by atoms with Crippen LogP contribution in [0.25, 0.3) is 0 Å². The van der Waals surface area contributed by atoms with Gasteiger partial charge < -0.3 is 4.74 Å². The Hall–Kier alpha value is -0.810. The zero-order valence-corrected chi connectivity index (χ0v) is 13.7. The van der Waals surface area contributed by atoms with Crippen molar-refractivity contribution < 1.29 is 17.9 Å². The zero-order chi connectivity index (χ0) is 16.5. The first-order valence-electron chi connectivity index (χ1n) is 6.70. The van der Waals surface area contributed by atoms with Crippen molar-refractivity contribution >= 4 is 11.6 Å². The third kappa shape index (κ3) is 5.15. The molecule has 0 aliphatic heterocycles. The summed E-state index contributed by atoms with van der Waals surface area (Å²) in [4.78, 5) is 3.30. The third-order valence-electron chi connectivity index (χ3n) is 3.80. The highest BCUT2D eigenvalue weighted by atomic mass is 35.5. The lowest BCUT2D eigenvalue weighted by Gasteiger charge is -2.38. The Morgan fingerprint density at radius 2 is 1.67 bits per heavy atom. The molecule has 1 aromatic rings. The molecule has 0 bridgehead atoms. The van der Waals surface area contributed by atoms with Crippen LogP contribution in [-0.4, -0.2) is 17.2 Å². The minimum atomic E-state index is -4.49. The fourth-order valence-corrected chi connectivity index (χ4v) is 1.71. The van der Waals surface area contributed by atoms with Gasteiger partial charge in [0.1, 0.15) is 10.8 Å². The zero-order valence-electron chi connectivity index (χ0n) is 12.9. The van der Waals surface area contributed by atoms with Gasteiger partial charge in [-0.1, -0.05) is 32.4 Å². The predicted molar refractivity (Wildman–Crippen MR) is 77.4 cm³/mol. The van der Waals surface area contributed by atoms with Crippen LogP contribution < -0.4 is 0 Å². The van der Waals surface area contributed by atoms with E-state index in [4.69, 9.17) is 16.3 Å². The number of aromatic nitrogens is 1. The first kappa shape index (κ1) is 18.2. The number of pyridine rings is 1. The Morgan fingerprint density at radius 1 is 1.10 bits per heavy atom. The lowest BCUT2D eigenvalue weighted by Crippen LogP contribution is -2.40. The minimum absolute atomic E-state index is 0.0694. The molecule has 0 aliphatic carbocycles. The van der Waals surface area contributed by atoms with Crippen LogP contribution in [-0.2, 0) is 17.3 Å². The van der Waals surface area contributed by atoms with E-state index in [9.17, 15) is 13.2 Å². The second kappa shape index (κ2) is 6.13. The standard InChI is InChI=1S/C15H21ClF3NO/c1-13(2,3)14(4,5)21-7-6-10-8-11(15(17,18)19)20-12(16)9-10/h8-9H,6-7H2,1-5H3. The number of hydrogen-bond donors (Lipinski definition) is 0. The molecular formula is C15H21ClF3NO. The largest absolute Gasteiger partial charge is 0.433 e. The number of nitrogens with zero attached hydrogens (tertiary/aromatic N) is 1. The molecule has 0 N–H and O–H groups in total. The highest BCUT2D eigenvalue weighted by molar-refractivity contribution is 6.29. The molecule has 0 saturated carbocycles. The van der Waals surface area contributed by atoms with Gasteiger partial charge in [0, 0.05) is 0 Å². The van der Waals surface area contributed by atoms with Crippen molar-refractivity contribution in [2.45, 2.75) is 52.8 Å². The van der Waals surface area contributed by atoms with Crippen molar-refractivity contribution in [3.63, 3.8) is 0 Å². The number of halogens is 4. The first-order chi connectivity index (χ1) is 9.33. The molecule has 1 rings (SSSR count). The molecule has 0 atom stereocenters. The molecule has 0 radical (unpaired) electrons. The number of alkyl halides is 3. The maximum Gasteiger partial charge on any atom is 0.433 e. The molecule has 1 aromatic heterocycles. The van der Waals surface area contributed by atoms with E-state index in [0.29, 0.717) is 18.6 Å². The molecule has 0 saturated heterocycles. The van der Waals surface area contributed by atoms with Gasteiger partial charge in [0.05, 0.1) is 12.2 Å². The fraction of sp³-hybridized carbons (Fsp3) is 0.667. The molecule has 21 heavy (non-hydrogen) atoms. The van der Waals surface area contributed by atoms with Crippen LogP contribution >= 0.6 is 11.6 Å². The van der Waals surface area contributed by atoms with E-state index in [2.05, 4.69) is 25.8 Å². The Balaban J connectivity index is 2.75. The van der Waals surface area contributed by atoms with Gasteiger partial charge in [0.15, 0.2) is 0 Å². The highest BCUT2D eigenvalue weighted by Gasteiger charge is 2.34. The Kier molecular flexibility index (Phi) is 5.32. The third-order valence-corrected chi connectivity index (χ3v) is 4.00. The molecule has 2 nitrogen and oxygen atoms in total. The fourth-order valence-electron chi connectivity index (χ4n) is 1.48.